The highest BCUT2D eigenvalue weighted by Gasteiger charge is 2.34. The standard InChI is InChI=1S/C13H13N5O3/c14-17-16-7-6-15-11(19)5-8-18-12(20)9-3-1-2-4-10(9)13(18)21/h1-4H,5-8H2,(H,15,19). The van der Waals surface area contributed by atoms with Gasteiger partial charge in [-0.3, -0.25) is 19.3 Å². The molecule has 108 valence electrons. The number of imide groups is 1. The van der Waals surface area contributed by atoms with Crippen LogP contribution < -0.4 is 5.32 Å². The molecule has 3 amide bonds. The first-order chi connectivity index (χ1) is 10.1. The highest BCUT2D eigenvalue weighted by Crippen LogP contribution is 2.22. The highest BCUT2D eigenvalue weighted by molar-refractivity contribution is 6.21. The van der Waals surface area contributed by atoms with Crippen molar-refractivity contribution >= 4 is 17.7 Å². The Hall–Kier alpha value is -2.86. The summed E-state index contributed by atoms with van der Waals surface area (Å²) in [5, 5.41) is 5.82. The van der Waals surface area contributed by atoms with Crippen LogP contribution in [0.3, 0.4) is 0 Å². The van der Waals surface area contributed by atoms with Gasteiger partial charge in [-0.25, -0.2) is 0 Å². The molecule has 0 fully saturated rings. The van der Waals surface area contributed by atoms with Crippen molar-refractivity contribution in [3.8, 4) is 0 Å². The zero-order valence-corrected chi connectivity index (χ0v) is 11.2. The monoisotopic (exact) mass is 287 g/mol. The molecule has 0 aromatic heterocycles. The molecule has 1 aromatic carbocycles. The van der Waals surface area contributed by atoms with Gasteiger partial charge in [-0.2, -0.15) is 0 Å². The molecule has 0 unspecified atom stereocenters. The smallest absolute Gasteiger partial charge is 0.261 e. The second-order valence-electron chi connectivity index (χ2n) is 4.36. The predicted octanol–water partition coefficient (Wildman–Crippen LogP) is 1.10. The molecule has 1 heterocycles. The molecule has 0 radical (unpaired) electrons. The minimum Gasteiger partial charge on any atom is -0.356 e. The van der Waals surface area contributed by atoms with E-state index in [0.717, 1.165) is 4.90 Å². The van der Waals surface area contributed by atoms with E-state index in [9.17, 15) is 14.4 Å². The Bertz CT molecular complexity index is 601. The second kappa shape index (κ2) is 6.53. The van der Waals surface area contributed by atoms with Gasteiger partial charge >= 0.3 is 0 Å². The molecule has 1 aliphatic heterocycles. The van der Waals surface area contributed by atoms with Crippen LogP contribution in [0, 0.1) is 0 Å². The van der Waals surface area contributed by atoms with E-state index in [1.165, 1.54) is 0 Å². The van der Waals surface area contributed by atoms with Crippen molar-refractivity contribution in [1.82, 2.24) is 10.2 Å². The van der Waals surface area contributed by atoms with E-state index in [1.807, 2.05) is 0 Å². The van der Waals surface area contributed by atoms with Gasteiger partial charge in [-0.1, -0.05) is 17.2 Å². The number of hydrogen-bond donors (Lipinski definition) is 1. The molecule has 0 spiro atoms. The number of benzene rings is 1. The lowest BCUT2D eigenvalue weighted by atomic mass is 10.1. The summed E-state index contributed by atoms with van der Waals surface area (Å²) in [6.07, 6.45) is 0.0156. The second-order valence-corrected chi connectivity index (χ2v) is 4.36. The fraction of sp³-hybridized carbons (Fsp3) is 0.308. The lowest BCUT2D eigenvalue weighted by Crippen LogP contribution is -2.35. The highest BCUT2D eigenvalue weighted by atomic mass is 16.2. The van der Waals surface area contributed by atoms with Crippen LogP contribution >= 0.6 is 0 Å². The van der Waals surface area contributed by atoms with Gasteiger partial charge in [-0.15, -0.1) is 0 Å². The molecule has 0 saturated carbocycles. The quantitative estimate of drug-likeness (QED) is 0.277. The number of rotatable bonds is 6. The third kappa shape index (κ3) is 3.18. The minimum atomic E-state index is -0.377. The Morgan fingerprint density at radius 3 is 2.43 bits per heavy atom. The van der Waals surface area contributed by atoms with Crippen LogP contribution in [-0.4, -0.2) is 42.3 Å². The molecule has 8 nitrogen and oxygen atoms in total. The molecular weight excluding hydrogens is 274 g/mol. The van der Waals surface area contributed by atoms with Gasteiger partial charge in [0.2, 0.25) is 5.91 Å². The molecule has 1 N–H and O–H groups in total. The van der Waals surface area contributed by atoms with Crippen molar-refractivity contribution in [2.75, 3.05) is 19.6 Å². The van der Waals surface area contributed by atoms with Crippen LogP contribution in [0.2, 0.25) is 0 Å². The van der Waals surface area contributed by atoms with E-state index in [1.54, 1.807) is 24.3 Å². The first-order valence-corrected chi connectivity index (χ1v) is 6.38. The molecule has 8 heteroatoms. The number of carbonyl (C=O) groups is 3. The van der Waals surface area contributed by atoms with Crippen LogP contribution in [0.15, 0.2) is 29.4 Å². The number of fused-ring (bicyclic) bond motifs is 1. The number of nitrogens with zero attached hydrogens (tertiary/aromatic N) is 4. The lowest BCUT2D eigenvalue weighted by Gasteiger charge is -2.13. The van der Waals surface area contributed by atoms with Gasteiger partial charge in [0.05, 0.1) is 11.1 Å². The summed E-state index contributed by atoms with van der Waals surface area (Å²) in [7, 11) is 0. The zero-order valence-electron chi connectivity index (χ0n) is 11.2. The van der Waals surface area contributed by atoms with Gasteiger partial charge in [0.15, 0.2) is 0 Å². The number of carbonyl (C=O) groups excluding carboxylic acids is 3. The normalized spacial score (nSPS) is 12.9. The van der Waals surface area contributed by atoms with Crippen molar-refractivity contribution < 1.29 is 14.4 Å². The Balaban J connectivity index is 1.88. The number of amides is 3. The van der Waals surface area contributed by atoms with Crippen LogP contribution in [-0.2, 0) is 4.79 Å². The first kappa shape index (κ1) is 14.5. The average molecular weight is 287 g/mol. The molecule has 0 atom stereocenters. The Morgan fingerprint density at radius 1 is 1.24 bits per heavy atom. The lowest BCUT2D eigenvalue weighted by molar-refractivity contribution is -0.121. The number of azide groups is 1. The fourth-order valence-electron chi connectivity index (χ4n) is 2.03. The summed E-state index contributed by atoms with van der Waals surface area (Å²) in [5.41, 5.74) is 8.82. The van der Waals surface area contributed by atoms with E-state index in [0.29, 0.717) is 11.1 Å². The maximum atomic E-state index is 12.0. The maximum Gasteiger partial charge on any atom is 0.261 e. The molecule has 0 aliphatic carbocycles. The van der Waals surface area contributed by atoms with Crippen molar-refractivity contribution in [3.05, 3.63) is 45.8 Å². The van der Waals surface area contributed by atoms with Gasteiger partial charge in [-0.05, 0) is 17.7 Å². The summed E-state index contributed by atoms with van der Waals surface area (Å²) in [6, 6.07) is 6.57. The summed E-state index contributed by atoms with van der Waals surface area (Å²) in [6.45, 7) is 0.417. The molecule has 1 aromatic rings. The summed E-state index contributed by atoms with van der Waals surface area (Å²) >= 11 is 0. The van der Waals surface area contributed by atoms with E-state index >= 15 is 0 Å². The van der Waals surface area contributed by atoms with Crippen molar-refractivity contribution in [2.45, 2.75) is 6.42 Å². The third-order valence-corrected chi connectivity index (χ3v) is 3.04. The van der Waals surface area contributed by atoms with E-state index in [4.69, 9.17) is 5.53 Å². The topological polar surface area (TPSA) is 115 Å². The zero-order chi connectivity index (χ0) is 15.2. The molecule has 2 rings (SSSR count). The Kier molecular flexibility index (Phi) is 4.53. The Labute approximate surface area is 120 Å². The molecular formula is C13H13N5O3. The summed E-state index contributed by atoms with van der Waals surface area (Å²) < 4.78 is 0. The summed E-state index contributed by atoms with van der Waals surface area (Å²) in [4.78, 5) is 39.3. The van der Waals surface area contributed by atoms with Gasteiger partial charge in [0, 0.05) is 31.0 Å². The van der Waals surface area contributed by atoms with E-state index in [2.05, 4.69) is 15.3 Å². The largest absolute Gasteiger partial charge is 0.356 e. The minimum absolute atomic E-state index is 0.0156. The average Bonchev–Trinajstić information content (AvgIpc) is 2.74. The van der Waals surface area contributed by atoms with Crippen molar-refractivity contribution in [1.29, 1.82) is 0 Å². The van der Waals surface area contributed by atoms with Crippen LogP contribution in [0.1, 0.15) is 27.1 Å². The van der Waals surface area contributed by atoms with Crippen molar-refractivity contribution in [3.63, 3.8) is 0 Å². The van der Waals surface area contributed by atoms with Gasteiger partial charge < -0.3 is 5.32 Å². The first-order valence-electron chi connectivity index (χ1n) is 6.38. The fourth-order valence-corrected chi connectivity index (χ4v) is 2.03. The third-order valence-electron chi connectivity index (χ3n) is 3.04. The maximum absolute atomic E-state index is 12.0. The van der Waals surface area contributed by atoms with Crippen LogP contribution in [0.25, 0.3) is 10.4 Å². The van der Waals surface area contributed by atoms with Gasteiger partial charge in [0.25, 0.3) is 11.8 Å². The van der Waals surface area contributed by atoms with Crippen molar-refractivity contribution in [2.24, 2.45) is 5.11 Å². The number of hydrogen-bond acceptors (Lipinski definition) is 4. The van der Waals surface area contributed by atoms with E-state index in [-0.39, 0.29) is 43.8 Å². The summed E-state index contributed by atoms with van der Waals surface area (Å²) in [5.74, 6) is -1.06. The SMILES string of the molecule is [N-]=[N+]=NCCNC(=O)CCN1C(=O)c2ccccc2C1=O. The van der Waals surface area contributed by atoms with E-state index < -0.39 is 0 Å². The number of nitrogens with one attached hydrogen (secondary N) is 1. The predicted molar refractivity (Wildman–Crippen MR) is 73.4 cm³/mol. The molecule has 0 bridgehead atoms. The van der Waals surface area contributed by atoms with Crippen LogP contribution in [0.5, 0.6) is 0 Å². The van der Waals surface area contributed by atoms with Crippen LogP contribution in [0.4, 0.5) is 0 Å². The molecule has 21 heavy (non-hydrogen) atoms. The molecule has 1 aliphatic rings. The molecule has 0 saturated heterocycles. The Morgan fingerprint density at radius 2 is 1.86 bits per heavy atom. The van der Waals surface area contributed by atoms with Gasteiger partial charge in [0.1, 0.15) is 0 Å².